The highest BCUT2D eigenvalue weighted by Crippen LogP contribution is 2.16. The Hall–Kier alpha value is -2.88. The molecule has 0 radical (unpaired) electrons. The van der Waals surface area contributed by atoms with E-state index in [4.69, 9.17) is 4.42 Å². The largest absolute Gasteiger partial charge is 0.507 e. The molecule has 21 heavy (non-hydrogen) atoms. The highest BCUT2D eigenvalue weighted by Gasteiger charge is 2.07. The van der Waals surface area contributed by atoms with Gasteiger partial charge in [-0.1, -0.05) is 36.4 Å². The van der Waals surface area contributed by atoms with Gasteiger partial charge in [0.25, 0.3) is 0 Å². The van der Waals surface area contributed by atoms with Gasteiger partial charge in [-0.3, -0.25) is 0 Å². The summed E-state index contributed by atoms with van der Waals surface area (Å²) in [5.74, 6) is -0.0256. The van der Waals surface area contributed by atoms with E-state index in [0.29, 0.717) is 16.7 Å². The highest BCUT2D eigenvalue weighted by atomic mass is 16.4. The summed E-state index contributed by atoms with van der Waals surface area (Å²) in [7, 11) is 0. The van der Waals surface area contributed by atoms with E-state index < -0.39 is 5.63 Å². The van der Waals surface area contributed by atoms with Crippen LogP contribution >= 0.6 is 0 Å². The van der Waals surface area contributed by atoms with Gasteiger partial charge in [-0.05, 0) is 24.6 Å². The highest BCUT2D eigenvalue weighted by molar-refractivity contribution is 5.78. The van der Waals surface area contributed by atoms with Gasteiger partial charge >= 0.3 is 5.63 Å². The van der Waals surface area contributed by atoms with Gasteiger partial charge in [0.1, 0.15) is 11.3 Å². The van der Waals surface area contributed by atoms with Crippen molar-refractivity contribution in [1.29, 1.82) is 0 Å². The zero-order valence-corrected chi connectivity index (χ0v) is 11.4. The van der Waals surface area contributed by atoms with Crippen LogP contribution in [0.4, 0.5) is 0 Å². The molecule has 0 atom stereocenters. The molecule has 0 bridgehead atoms. The Bertz CT molecular complexity index is 879. The molecular weight excluding hydrogens is 266 g/mol. The first-order valence-corrected chi connectivity index (χ1v) is 6.51. The molecule has 3 rings (SSSR count). The molecule has 4 nitrogen and oxygen atoms in total. The van der Waals surface area contributed by atoms with E-state index in [1.165, 1.54) is 6.08 Å². The number of fused-ring (bicyclic) bond motifs is 1. The molecule has 4 heteroatoms. The molecule has 2 aromatic carbocycles. The zero-order chi connectivity index (χ0) is 14.8. The van der Waals surface area contributed by atoms with Crippen LogP contribution in [0.3, 0.4) is 0 Å². The molecule has 1 N–H and O–H groups in total. The van der Waals surface area contributed by atoms with E-state index in [9.17, 15) is 9.90 Å². The Morgan fingerprint density at radius 3 is 2.71 bits per heavy atom. The van der Waals surface area contributed by atoms with Crippen molar-refractivity contribution in [2.24, 2.45) is 0 Å². The van der Waals surface area contributed by atoms with Crippen LogP contribution in [0.5, 0.6) is 0 Å². The zero-order valence-electron chi connectivity index (χ0n) is 11.4. The molecule has 0 fully saturated rings. The molecule has 1 aromatic heterocycles. The molecule has 1 heterocycles. The summed E-state index contributed by atoms with van der Waals surface area (Å²) in [6, 6.07) is 14.3. The van der Waals surface area contributed by atoms with E-state index in [0.717, 1.165) is 5.56 Å². The monoisotopic (exact) mass is 279 g/mol. The van der Waals surface area contributed by atoms with Gasteiger partial charge < -0.3 is 9.52 Å². The number of aromatic nitrogens is 1. The molecule has 0 saturated carbocycles. The number of benzene rings is 2. The normalized spacial score (nSPS) is 11.8. The molecule has 104 valence electrons. The molecule has 0 aliphatic heterocycles. The number of hydrogen-bond acceptors (Lipinski definition) is 4. The molecule has 0 spiro atoms. The van der Waals surface area contributed by atoms with Crippen LogP contribution in [0.1, 0.15) is 16.8 Å². The SMILES string of the molecule is Cc1ccc2oc(=O)c(/C=C(\O)c3ccccc3)nc2c1. The van der Waals surface area contributed by atoms with Crippen LogP contribution in [0.25, 0.3) is 22.9 Å². The lowest BCUT2D eigenvalue weighted by Gasteiger charge is -2.01. The average Bonchev–Trinajstić information content (AvgIpc) is 2.49. The summed E-state index contributed by atoms with van der Waals surface area (Å²) in [4.78, 5) is 16.2. The smallest absolute Gasteiger partial charge is 0.362 e. The van der Waals surface area contributed by atoms with Crippen molar-refractivity contribution in [3.8, 4) is 0 Å². The Balaban J connectivity index is 2.12. The lowest BCUT2D eigenvalue weighted by atomic mass is 10.1. The lowest BCUT2D eigenvalue weighted by Crippen LogP contribution is -2.06. The number of rotatable bonds is 2. The maximum Gasteiger partial charge on any atom is 0.362 e. The van der Waals surface area contributed by atoms with Crippen molar-refractivity contribution in [3.63, 3.8) is 0 Å². The van der Waals surface area contributed by atoms with E-state index >= 15 is 0 Å². The standard InChI is InChI=1S/C17H13NO3/c1-11-7-8-16-13(9-11)18-14(17(20)21-16)10-15(19)12-5-3-2-4-6-12/h2-10,19H,1H3/b15-10-. The molecule has 0 unspecified atom stereocenters. The maximum absolute atomic E-state index is 11.9. The van der Waals surface area contributed by atoms with Crippen LogP contribution in [0, 0.1) is 6.92 Å². The quantitative estimate of drug-likeness (QED) is 0.729. The second kappa shape index (κ2) is 5.25. The Morgan fingerprint density at radius 1 is 1.19 bits per heavy atom. The minimum atomic E-state index is -0.575. The second-order valence-electron chi connectivity index (χ2n) is 4.75. The Morgan fingerprint density at radius 2 is 1.95 bits per heavy atom. The average molecular weight is 279 g/mol. The van der Waals surface area contributed by atoms with Crippen molar-refractivity contribution < 1.29 is 9.52 Å². The van der Waals surface area contributed by atoms with Crippen molar-refractivity contribution >= 4 is 22.9 Å². The maximum atomic E-state index is 11.9. The van der Waals surface area contributed by atoms with E-state index in [1.807, 2.05) is 25.1 Å². The fourth-order valence-electron chi connectivity index (χ4n) is 2.04. The summed E-state index contributed by atoms with van der Waals surface area (Å²) in [6.45, 7) is 1.93. The fourth-order valence-corrected chi connectivity index (χ4v) is 2.04. The van der Waals surface area contributed by atoms with E-state index in [1.54, 1.807) is 30.3 Å². The third-order valence-corrected chi connectivity index (χ3v) is 3.11. The molecule has 3 aromatic rings. The molecule has 0 amide bonds. The fraction of sp³-hybridized carbons (Fsp3) is 0.0588. The van der Waals surface area contributed by atoms with Crippen LogP contribution in [-0.2, 0) is 0 Å². The minimum absolute atomic E-state index is 0.0256. The number of aliphatic hydroxyl groups is 1. The second-order valence-corrected chi connectivity index (χ2v) is 4.75. The van der Waals surface area contributed by atoms with Crippen LogP contribution in [0.2, 0.25) is 0 Å². The summed E-state index contributed by atoms with van der Waals surface area (Å²) < 4.78 is 5.21. The summed E-state index contributed by atoms with van der Waals surface area (Å²) in [5.41, 5.74) is 2.15. The molecule has 0 aliphatic carbocycles. The number of aliphatic hydroxyl groups excluding tert-OH is 1. The van der Waals surface area contributed by atoms with Gasteiger partial charge in [0.05, 0.1) is 0 Å². The van der Waals surface area contributed by atoms with Gasteiger partial charge in [0.2, 0.25) is 0 Å². The van der Waals surface area contributed by atoms with Gasteiger partial charge in [-0.15, -0.1) is 0 Å². The topological polar surface area (TPSA) is 63.3 Å². The summed E-state index contributed by atoms with van der Waals surface area (Å²) in [6.07, 6.45) is 1.32. The van der Waals surface area contributed by atoms with Gasteiger partial charge in [-0.2, -0.15) is 0 Å². The summed E-state index contributed by atoms with van der Waals surface area (Å²) >= 11 is 0. The van der Waals surface area contributed by atoms with Gasteiger partial charge in [0, 0.05) is 11.6 Å². The number of hydrogen-bond donors (Lipinski definition) is 1. The van der Waals surface area contributed by atoms with Crippen molar-refractivity contribution in [2.75, 3.05) is 0 Å². The first-order chi connectivity index (χ1) is 10.1. The lowest BCUT2D eigenvalue weighted by molar-refractivity contribution is 0.514. The predicted molar refractivity (Wildman–Crippen MR) is 82.0 cm³/mol. The summed E-state index contributed by atoms with van der Waals surface area (Å²) in [5, 5.41) is 10.1. The van der Waals surface area contributed by atoms with Crippen molar-refractivity contribution in [1.82, 2.24) is 4.98 Å². The van der Waals surface area contributed by atoms with E-state index in [-0.39, 0.29) is 11.5 Å². The molecular formula is C17H13NO3. The van der Waals surface area contributed by atoms with Crippen LogP contribution < -0.4 is 5.63 Å². The van der Waals surface area contributed by atoms with Crippen molar-refractivity contribution in [3.05, 3.63) is 75.8 Å². The predicted octanol–water partition coefficient (Wildman–Crippen LogP) is 3.55. The van der Waals surface area contributed by atoms with Crippen LogP contribution in [-0.4, -0.2) is 10.1 Å². The first-order valence-electron chi connectivity index (χ1n) is 6.51. The molecule has 0 aliphatic rings. The van der Waals surface area contributed by atoms with Gasteiger partial charge in [0.15, 0.2) is 11.3 Å². The molecule has 0 saturated heterocycles. The number of aryl methyl sites for hydroxylation is 1. The van der Waals surface area contributed by atoms with Crippen molar-refractivity contribution in [2.45, 2.75) is 6.92 Å². The number of nitrogens with zero attached hydrogens (tertiary/aromatic N) is 1. The third-order valence-electron chi connectivity index (χ3n) is 3.11. The minimum Gasteiger partial charge on any atom is -0.507 e. The Kier molecular flexibility index (Phi) is 3.28. The van der Waals surface area contributed by atoms with E-state index in [2.05, 4.69) is 4.98 Å². The Labute approximate surface area is 121 Å². The van der Waals surface area contributed by atoms with Crippen LogP contribution in [0.15, 0.2) is 57.7 Å². The first kappa shape index (κ1) is 13.1. The third kappa shape index (κ3) is 2.69. The van der Waals surface area contributed by atoms with Gasteiger partial charge in [-0.25, -0.2) is 9.78 Å².